The van der Waals surface area contributed by atoms with E-state index < -0.39 is 0 Å². The zero-order valence-corrected chi connectivity index (χ0v) is 12.0. The van der Waals surface area contributed by atoms with Crippen molar-refractivity contribution in [3.8, 4) is 0 Å². The normalized spacial score (nSPS) is 11.9. The standard InChI is InChI=1S/C15H19N3O2/c1-11-6-4-5-7-13(11)12(2)16-14-8-9-18(17-14)10-15(19)20-3/h4-9,12H,10H2,1-3H3,(H,16,17)/t12-/m1/s1. The summed E-state index contributed by atoms with van der Waals surface area (Å²) in [5.74, 6) is 0.427. The van der Waals surface area contributed by atoms with Crippen molar-refractivity contribution in [2.45, 2.75) is 26.4 Å². The minimum Gasteiger partial charge on any atom is -0.468 e. The zero-order valence-electron chi connectivity index (χ0n) is 12.0. The number of nitrogens with one attached hydrogen (secondary N) is 1. The molecule has 1 aromatic heterocycles. The van der Waals surface area contributed by atoms with Gasteiger partial charge in [-0.05, 0) is 25.0 Å². The number of benzene rings is 1. The van der Waals surface area contributed by atoms with E-state index in [1.165, 1.54) is 18.2 Å². The predicted molar refractivity (Wildman–Crippen MR) is 77.5 cm³/mol. The van der Waals surface area contributed by atoms with Crippen LogP contribution in [0.3, 0.4) is 0 Å². The van der Waals surface area contributed by atoms with Crippen LogP contribution in [0.1, 0.15) is 24.1 Å². The largest absolute Gasteiger partial charge is 0.468 e. The zero-order chi connectivity index (χ0) is 14.5. The average Bonchev–Trinajstić information content (AvgIpc) is 2.86. The van der Waals surface area contributed by atoms with E-state index >= 15 is 0 Å². The van der Waals surface area contributed by atoms with Crippen LogP contribution in [0.15, 0.2) is 36.5 Å². The molecule has 0 saturated heterocycles. The Morgan fingerprint density at radius 3 is 2.85 bits per heavy atom. The van der Waals surface area contributed by atoms with Crippen LogP contribution in [-0.4, -0.2) is 22.9 Å². The number of hydrogen-bond donors (Lipinski definition) is 1. The van der Waals surface area contributed by atoms with Gasteiger partial charge in [0.2, 0.25) is 0 Å². The molecule has 0 aliphatic rings. The Bertz CT molecular complexity index is 592. The summed E-state index contributed by atoms with van der Waals surface area (Å²) in [6, 6.07) is 10.2. The van der Waals surface area contributed by atoms with E-state index in [2.05, 4.69) is 41.1 Å². The van der Waals surface area contributed by atoms with E-state index in [1.54, 1.807) is 10.9 Å². The molecule has 1 N–H and O–H groups in total. The maximum Gasteiger partial charge on any atom is 0.327 e. The van der Waals surface area contributed by atoms with Crippen LogP contribution in [0.25, 0.3) is 0 Å². The smallest absolute Gasteiger partial charge is 0.327 e. The molecular formula is C15H19N3O2. The summed E-state index contributed by atoms with van der Waals surface area (Å²) in [6.07, 6.45) is 1.75. The van der Waals surface area contributed by atoms with Crippen molar-refractivity contribution in [2.75, 3.05) is 12.4 Å². The van der Waals surface area contributed by atoms with Crippen molar-refractivity contribution < 1.29 is 9.53 Å². The van der Waals surface area contributed by atoms with Gasteiger partial charge < -0.3 is 10.1 Å². The molecule has 106 valence electrons. The summed E-state index contributed by atoms with van der Waals surface area (Å²) < 4.78 is 6.16. The molecule has 2 rings (SSSR count). The number of nitrogens with zero attached hydrogens (tertiary/aromatic N) is 2. The molecule has 0 bridgehead atoms. The number of esters is 1. The summed E-state index contributed by atoms with van der Waals surface area (Å²) in [4.78, 5) is 11.2. The van der Waals surface area contributed by atoms with Crippen molar-refractivity contribution in [2.24, 2.45) is 0 Å². The monoisotopic (exact) mass is 273 g/mol. The average molecular weight is 273 g/mol. The first-order valence-electron chi connectivity index (χ1n) is 6.52. The Hall–Kier alpha value is -2.30. The van der Waals surface area contributed by atoms with Crippen LogP contribution in [0, 0.1) is 6.92 Å². The fourth-order valence-corrected chi connectivity index (χ4v) is 2.10. The highest BCUT2D eigenvalue weighted by molar-refractivity contribution is 5.68. The summed E-state index contributed by atoms with van der Waals surface area (Å²) in [6.45, 7) is 4.29. The summed E-state index contributed by atoms with van der Waals surface area (Å²) >= 11 is 0. The van der Waals surface area contributed by atoms with Gasteiger partial charge in [-0.3, -0.25) is 9.48 Å². The molecule has 0 saturated carbocycles. The Balaban J connectivity index is 2.03. The molecular weight excluding hydrogens is 254 g/mol. The topological polar surface area (TPSA) is 56.1 Å². The van der Waals surface area contributed by atoms with Gasteiger partial charge in [0.25, 0.3) is 0 Å². The van der Waals surface area contributed by atoms with E-state index in [1.807, 2.05) is 18.2 Å². The van der Waals surface area contributed by atoms with E-state index in [9.17, 15) is 4.79 Å². The number of carbonyl (C=O) groups excluding carboxylic acids is 1. The molecule has 5 nitrogen and oxygen atoms in total. The van der Waals surface area contributed by atoms with Crippen molar-refractivity contribution in [3.05, 3.63) is 47.7 Å². The fraction of sp³-hybridized carbons (Fsp3) is 0.333. The Morgan fingerprint density at radius 1 is 1.40 bits per heavy atom. The summed E-state index contributed by atoms with van der Waals surface area (Å²) in [5.41, 5.74) is 2.47. The van der Waals surface area contributed by atoms with E-state index in [0.717, 1.165) is 5.82 Å². The third kappa shape index (κ3) is 3.38. The molecule has 0 aliphatic heterocycles. The van der Waals surface area contributed by atoms with Crippen molar-refractivity contribution >= 4 is 11.8 Å². The lowest BCUT2D eigenvalue weighted by Crippen LogP contribution is -2.13. The number of methoxy groups -OCH3 is 1. The van der Waals surface area contributed by atoms with Gasteiger partial charge in [0, 0.05) is 12.3 Å². The van der Waals surface area contributed by atoms with Gasteiger partial charge in [-0.1, -0.05) is 24.3 Å². The number of aromatic nitrogens is 2. The molecule has 0 unspecified atom stereocenters. The highest BCUT2D eigenvalue weighted by Crippen LogP contribution is 2.20. The molecule has 1 heterocycles. The van der Waals surface area contributed by atoms with E-state index in [-0.39, 0.29) is 18.6 Å². The van der Waals surface area contributed by atoms with Crippen molar-refractivity contribution in [1.29, 1.82) is 0 Å². The molecule has 5 heteroatoms. The second kappa shape index (κ2) is 6.23. The number of aryl methyl sites for hydroxylation is 1. The van der Waals surface area contributed by atoms with Gasteiger partial charge in [0.15, 0.2) is 0 Å². The van der Waals surface area contributed by atoms with Crippen LogP contribution in [0.2, 0.25) is 0 Å². The molecule has 0 spiro atoms. The van der Waals surface area contributed by atoms with Crippen LogP contribution in [-0.2, 0) is 16.1 Å². The third-order valence-corrected chi connectivity index (χ3v) is 3.18. The lowest BCUT2D eigenvalue weighted by molar-refractivity contribution is -0.141. The van der Waals surface area contributed by atoms with Gasteiger partial charge in [0.05, 0.1) is 13.2 Å². The van der Waals surface area contributed by atoms with E-state index in [0.29, 0.717) is 0 Å². The highest BCUT2D eigenvalue weighted by Gasteiger charge is 2.10. The Morgan fingerprint density at radius 2 is 2.15 bits per heavy atom. The molecule has 20 heavy (non-hydrogen) atoms. The second-order valence-corrected chi connectivity index (χ2v) is 4.70. The first kappa shape index (κ1) is 14.1. The number of hydrogen-bond acceptors (Lipinski definition) is 4. The maximum atomic E-state index is 11.2. The summed E-state index contributed by atoms with van der Waals surface area (Å²) in [7, 11) is 1.37. The minimum absolute atomic E-state index is 0.122. The molecule has 1 aromatic carbocycles. The van der Waals surface area contributed by atoms with Crippen LogP contribution < -0.4 is 5.32 Å². The second-order valence-electron chi connectivity index (χ2n) is 4.70. The number of rotatable bonds is 5. The number of ether oxygens (including phenoxy) is 1. The van der Waals surface area contributed by atoms with Crippen LogP contribution >= 0.6 is 0 Å². The first-order valence-corrected chi connectivity index (χ1v) is 6.52. The Labute approximate surface area is 118 Å². The van der Waals surface area contributed by atoms with Crippen LogP contribution in [0.4, 0.5) is 5.82 Å². The SMILES string of the molecule is COC(=O)Cn1ccc(N[C@H](C)c2ccccc2C)n1. The van der Waals surface area contributed by atoms with Crippen LogP contribution in [0.5, 0.6) is 0 Å². The van der Waals surface area contributed by atoms with Crippen molar-refractivity contribution in [1.82, 2.24) is 9.78 Å². The quantitative estimate of drug-likeness (QED) is 0.851. The minimum atomic E-state index is -0.313. The summed E-state index contributed by atoms with van der Waals surface area (Å²) in [5, 5.41) is 7.62. The molecule has 0 fully saturated rings. The maximum absolute atomic E-state index is 11.2. The van der Waals surface area contributed by atoms with Gasteiger partial charge in [-0.25, -0.2) is 0 Å². The molecule has 1 atom stereocenters. The van der Waals surface area contributed by atoms with Gasteiger partial charge >= 0.3 is 5.97 Å². The fourth-order valence-electron chi connectivity index (χ4n) is 2.10. The van der Waals surface area contributed by atoms with Crippen molar-refractivity contribution in [3.63, 3.8) is 0 Å². The van der Waals surface area contributed by atoms with Gasteiger partial charge in [-0.2, -0.15) is 5.10 Å². The number of anilines is 1. The lowest BCUT2D eigenvalue weighted by atomic mass is 10.0. The highest BCUT2D eigenvalue weighted by atomic mass is 16.5. The molecule has 0 aliphatic carbocycles. The van der Waals surface area contributed by atoms with Gasteiger partial charge in [0.1, 0.15) is 12.4 Å². The first-order chi connectivity index (χ1) is 9.60. The third-order valence-electron chi connectivity index (χ3n) is 3.18. The molecule has 2 aromatic rings. The number of carbonyl (C=O) groups is 1. The molecule has 0 amide bonds. The molecule has 0 radical (unpaired) electrons. The van der Waals surface area contributed by atoms with E-state index in [4.69, 9.17) is 0 Å². The van der Waals surface area contributed by atoms with Gasteiger partial charge in [-0.15, -0.1) is 0 Å². The predicted octanol–water partition coefficient (Wildman–Crippen LogP) is 2.54. The lowest BCUT2D eigenvalue weighted by Gasteiger charge is -2.15. The Kier molecular flexibility index (Phi) is 4.40.